The molecular weight excluding hydrogens is 339 g/mol. The zero-order valence-electron chi connectivity index (χ0n) is 14.6. The molecule has 1 saturated carbocycles. The summed E-state index contributed by atoms with van der Waals surface area (Å²) in [5.74, 6) is -0.659. The van der Waals surface area contributed by atoms with Crippen molar-refractivity contribution in [3.63, 3.8) is 0 Å². The molecule has 1 fully saturated rings. The molecule has 1 N–H and O–H groups in total. The van der Waals surface area contributed by atoms with Gasteiger partial charge < -0.3 is 5.11 Å². The van der Waals surface area contributed by atoms with E-state index in [1.807, 2.05) is 54.6 Å². The Labute approximate surface area is 154 Å². The summed E-state index contributed by atoms with van der Waals surface area (Å²) >= 11 is 0. The summed E-state index contributed by atoms with van der Waals surface area (Å²) in [5.41, 5.74) is 0. The number of hydrogen-bond donors (Lipinski definition) is 1. The first kappa shape index (κ1) is 17.0. The third-order valence-corrected chi connectivity index (χ3v) is 10.8. The van der Waals surface area contributed by atoms with Gasteiger partial charge in [-0.2, -0.15) is 0 Å². The Balaban J connectivity index is 2.13. The maximum absolute atomic E-state index is 12.7. The Morgan fingerprint density at radius 2 is 1.04 bits per heavy atom. The molecule has 0 saturated heterocycles. The predicted octanol–water partition coefficient (Wildman–Crippen LogP) is 3.99. The number of aliphatic carboxylic acids is 1. The van der Waals surface area contributed by atoms with Gasteiger partial charge in [0, 0.05) is 0 Å². The molecule has 0 aromatic heterocycles. The van der Waals surface area contributed by atoms with E-state index < -0.39 is 18.4 Å². The lowest BCUT2D eigenvalue weighted by Gasteiger charge is -2.47. The molecule has 0 bridgehead atoms. The SMILES string of the molecule is O=C(O)C1([P+](c2ccccc2)(c2ccccc2)c2ccccc2)CCC1. The van der Waals surface area contributed by atoms with Crippen LogP contribution in [-0.2, 0) is 4.79 Å². The lowest BCUT2D eigenvalue weighted by Crippen LogP contribution is -2.56. The zero-order valence-corrected chi connectivity index (χ0v) is 15.5. The van der Waals surface area contributed by atoms with E-state index in [1.165, 1.54) is 0 Å². The van der Waals surface area contributed by atoms with Gasteiger partial charge in [-0.3, -0.25) is 0 Å². The molecule has 1 aliphatic rings. The Morgan fingerprint density at radius 1 is 0.692 bits per heavy atom. The van der Waals surface area contributed by atoms with Crippen LogP contribution in [0.1, 0.15) is 19.3 Å². The predicted molar refractivity (Wildman–Crippen MR) is 109 cm³/mol. The van der Waals surface area contributed by atoms with Gasteiger partial charge >= 0.3 is 5.97 Å². The van der Waals surface area contributed by atoms with Crippen LogP contribution in [0, 0.1) is 0 Å². The van der Waals surface area contributed by atoms with Gasteiger partial charge in [-0.25, -0.2) is 4.79 Å². The third kappa shape index (κ3) is 2.33. The van der Waals surface area contributed by atoms with Crippen molar-refractivity contribution < 1.29 is 9.90 Å². The first-order valence-corrected chi connectivity index (χ1v) is 10.8. The molecule has 3 aromatic carbocycles. The highest BCUT2D eigenvalue weighted by Gasteiger charge is 2.69. The molecule has 26 heavy (non-hydrogen) atoms. The van der Waals surface area contributed by atoms with Crippen LogP contribution in [-0.4, -0.2) is 16.2 Å². The van der Waals surface area contributed by atoms with Crippen LogP contribution in [0.25, 0.3) is 0 Å². The maximum atomic E-state index is 12.7. The van der Waals surface area contributed by atoms with E-state index in [2.05, 4.69) is 36.4 Å². The molecule has 0 unspecified atom stereocenters. The van der Waals surface area contributed by atoms with Crippen LogP contribution in [0.3, 0.4) is 0 Å². The Bertz CT molecular complexity index is 791. The Morgan fingerprint density at radius 3 is 1.27 bits per heavy atom. The third-order valence-electron chi connectivity index (χ3n) is 5.65. The van der Waals surface area contributed by atoms with Crippen molar-refractivity contribution in [2.45, 2.75) is 24.4 Å². The summed E-state index contributed by atoms with van der Waals surface area (Å²) in [6, 6.07) is 30.9. The summed E-state index contributed by atoms with van der Waals surface area (Å²) in [7, 11) is -2.34. The monoisotopic (exact) mass is 361 g/mol. The van der Waals surface area contributed by atoms with E-state index in [4.69, 9.17) is 0 Å². The largest absolute Gasteiger partial charge is 0.478 e. The molecule has 1 aliphatic carbocycles. The average Bonchev–Trinajstić information content (AvgIpc) is 2.66. The summed E-state index contributed by atoms with van der Waals surface area (Å²) in [4.78, 5) is 12.7. The Kier molecular flexibility index (Phi) is 4.38. The minimum atomic E-state index is -2.34. The van der Waals surface area contributed by atoms with Crippen molar-refractivity contribution in [2.75, 3.05) is 0 Å². The van der Waals surface area contributed by atoms with Crippen molar-refractivity contribution in [1.82, 2.24) is 0 Å². The van der Waals surface area contributed by atoms with Crippen molar-refractivity contribution in [3.05, 3.63) is 91.0 Å². The second kappa shape index (κ2) is 6.70. The van der Waals surface area contributed by atoms with Crippen molar-refractivity contribution in [2.24, 2.45) is 0 Å². The number of benzene rings is 3. The second-order valence-electron chi connectivity index (χ2n) is 6.87. The summed E-state index contributed by atoms with van der Waals surface area (Å²) < 4.78 is 0. The first-order valence-electron chi connectivity index (χ1n) is 9.01. The average molecular weight is 361 g/mol. The quantitative estimate of drug-likeness (QED) is 0.698. The molecule has 0 spiro atoms. The zero-order chi connectivity index (χ0) is 18.0. The van der Waals surface area contributed by atoms with Gasteiger partial charge in [0.25, 0.3) is 0 Å². The molecule has 130 valence electrons. The standard InChI is InChI=1S/C23H21O2P/c24-22(25)23(17-10-18-23)26(19-11-4-1-5-12-19,20-13-6-2-7-14-20)21-15-8-3-9-16-21/h1-9,11-16H,10,17-18H2/p+1. The number of carboxylic acids is 1. The first-order chi connectivity index (χ1) is 12.7. The van der Waals surface area contributed by atoms with Crippen LogP contribution in [0.2, 0.25) is 0 Å². The van der Waals surface area contributed by atoms with Crippen LogP contribution < -0.4 is 15.9 Å². The van der Waals surface area contributed by atoms with Crippen LogP contribution in [0.5, 0.6) is 0 Å². The molecule has 0 aliphatic heterocycles. The minimum absolute atomic E-state index is 0.659. The summed E-state index contributed by atoms with van der Waals surface area (Å²) in [5, 5.41) is 13.2. The molecule has 2 nitrogen and oxygen atoms in total. The normalized spacial score (nSPS) is 15.8. The molecule has 3 aromatic rings. The van der Waals surface area contributed by atoms with E-state index >= 15 is 0 Å². The second-order valence-corrected chi connectivity index (χ2v) is 10.6. The van der Waals surface area contributed by atoms with Gasteiger partial charge in [0.15, 0.2) is 5.16 Å². The number of carbonyl (C=O) groups is 1. The van der Waals surface area contributed by atoms with Crippen molar-refractivity contribution in [1.29, 1.82) is 0 Å². The molecule has 0 radical (unpaired) electrons. The van der Waals surface area contributed by atoms with E-state index in [0.717, 1.165) is 35.2 Å². The van der Waals surface area contributed by atoms with E-state index in [9.17, 15) is 9.90 Å². The summed E-state index contributed by atoms with van der Waals surface area (Å²) in [6.07, 6.45) is 2.43. The fraction of sp³-hybridized carbons (Fsp3) is 0.174. The lowest BCUT2D eigenvalue weighted by molar-refractivity contribution is -0.142. The van der Waals surface area contributed by atoms with Crippen LogP contribution in [0.4, 0.5) is 0 Å². The van der Waals surface area contributed by atoms with Gasteiger partial charge in [0.05, 0.1) is 0 Å². The number of rotatable bonds is 5. The minimum Gasteiger partial charge on any atom is -0.478 e. The van der Waals surface area contributed by atoms with E-state index in [1.54, 1.807) is 0 Å². The van der Waals surface area contributed by atoms with Gasteiger partial charge in [-0.05, 0) is 55.7 Å². The fourth-order valence-electron chi connectivity index (χ4n) is 4.35. The smallest absolute Gasteiger partial charge is 0.348 e. The van der Waals surface area contributed by atoms with E-state index in [-0.39, 0.29) is 0 Å². The maximum Gasteiger partial charge on any atom is 0.348 e. The molecular formula is C23H22O2P+. The topological polar surface area (TPSA) is 37.3 Å². The molecule has 0 atom stereocenters. The van der Waals surface area contributed by atoms with Gasteiger partial charge in [0.1, 0.15) is 23.2 Å². The highest BCUT2D eigenvalue weighted by atomic mass is 31.2. The molecule has 3 heteroatoms. The number of hydrogen-bond acceptors (Lipinski definition) is 1. The van der Waals surface area contributed by atoms with Gasteiger partial charge in [-0.1, -0.05) is 54.6 Å². The highest BCUT2D eigenvalue weighted by Crippen LogP contribution is 2.72. The molecule has 4 rings (SSSR count). The van der Waals surface area contributed by atoms with Crippen molar-refractivity contribution in [3.8, 4) is 0 Å². The fourth-order valence-corrected chi connectivity index (χ4v) is 9.86. The van der Waals surface area contributed by atoms with Gasteiger partial charge in [-0.15, -0.1) is 0 Å². The lowest BCUT2D eigenvalue weighted by atomic mass is 9.84. The molecule has 0 amide bonds. The highest BCUT2D eigenvalue weighted by molar-refractivity contribution is 7.97. The van der Waals surface area contributed by atoms with Gasteiger partial charge in [0.2, 0.25) is 0 Å². The Hall–Kier alpha value is -2.44. The molecule has 0 heterocycles. The van der Waals surface area contributed by atoms with E-state index in [0.29, 0.717) is 0 Å². The van der Waals surface area contributed by atoms with Crippen LogP contribution in [0.15, 0.2) is 91.0 Å². The number of carboxylic acid groups (broad SMARTS) is 1. The summed E-state index contributed by atoms with van der Waals surface area (Å²) in [6.45, 7) is 0. The van der Waals surface area contributed by atoms with Crippen LogP contribution >= 0.6 is 7.26 Å². The van der Waals surface area contributed by atoms with Crippen molar-refractivity contribution >= 4 is 29.1 Å².